The van der Waals surface area contributed by atoms with Gasteiger partial charge in [0.25, 0.3) is 7.82 Å². The molecule has 0 bridgehead atoms. The van der Waals surface area contributed by atoms with Crippen molar-refractivity contribution in [1.29, 1.82) is 0 Å². The lowest BCUT2D eigenvalue weighted by atomic mass is 10.0. The van der Waals surface area contributed by atoms with Gasteiger partial charge in [-0.15, -0.1) is 0 Å². The smallest absolute Gasteiger partial charge is 0.306 e. The molecule has 0 saturated heterocycles. The highest BCUT2D eigenvalue weighted by Gasteiger charge is 2.22. The minimum Gasteiger partial charge on any atom is -0.756 e. The third-order valence-corrected chi connectivity index (χ3v) is 16.5. The van der Waals surface area contributed by atoms with Crippen molar-refractivity contribution in [3.8, 4) is 0 Å². The fourth-order valence-electron chi connectivity index (χ4n) is 9.94. The van der Waals surface area contributed by atoms with Gasteiger partial charge in [-0.05, 0) is 122 Å². The zero-order valence-electron chi connectivity index (χ0n) is 59.7. The molecule has 0 amide bonds. The number of rotatable bonds is 67. The Morgan fingerprint density at radius 3 is 0.870 bits per heavy atom. The van der Waals surface area contributed by atoms with Crippen molar-refractivity contribution in [3.63, 3.8) is 0 Å². The molecule has 0 saturated carbocycles. The van der Waals surface area contributed by atoms with E-state index < -0.39 is 26.5 Å². The van der Waals surface area contributed by atoms with E-state index in [4.69, 9.17) is 18.5 Å². The first kappa shape index (κ1) is 87.6. The van der Waals surface area contributed by atoms with Crippen molar-refractivity contribution in [2.24, 2.45) is 0 Å². The van der Waals surface area contributed by atoms with Gasteiger partial charge in [0.1, 0.15) is 19.8 Å². The first-order valence-electron chi connectivity index (χ1n) is 37.2. The normalized spacial score (nSPS) is 14.0. The Morgan fingerprint density at radius 1 is 0.337 bits per heavy atom. The molecule has 0 fully saturated rings. The Labute approximate surface area is 566 Å². The van der Waals surface area contributed by atoms with Crippen molar-refractivity contribution in [2.45, 2.75) is 302 Å². The van der Waals surface area contributed by atoms with Crippen molar-refractivity contribution >= 4 is 19.8 Å². The number of quaternary nitrogens is 1. The number of nitrogens with zero attached hydrogens (tertiary/aromatic N) is 1. The third kappa shape index (κ3) is 74.7. The van der Waals surface area contributed by atoms with E-state index in [0.717, 1.165) is 135 Å². The number of esters is 2. The van der Waals surface area contributed by atoms with Gasteiger partial charge in [-0.25, -0.2) is 0 Å². The maximum atomic E-state index is 12.9. The molecule has 0 aromatic carbocycles. The summed E-state index contributed by atoms with van der Waals surface area (Å²) >= 11 is 0. The first-order valence-corrected chi connectivity index (χ1v) is 38.7. The highest BCUT2D eigenvalue weighted by atomic mass is 31.2. The van der Waals surface area contributed by atoms with Crippen LogP contribution in [-0.2, 0) is 32.7 Å². The van der Waals surface area contributed by atoms with Crippen LogP contribution in [0, 0.1) is 0 Å². The van der Waals surface area contributed by atoms with E-state index in [9.17, 15) is 19.0 Å². The zero-order chi connectivity index (χ0) is 66.9. The van der Waals surface area contributed by atoms with Gasteiger partial charge in [0.2, 0.25) is 0 Å². The number of unbranched alkanes of at least 4 members (excludes halogenated alkanes) is 27. The minimum atomic E-state index is -4.65. The average molecular weight is 1300 g/mol. The van der Waals surface area contributed by atoms with E-state index in [1.54, 1.807) is 0 Å². The highest BCUT2D eigenvalue weighted by Crippen LogP contribution is 2.38. The molecule has 9 nitrogen and oxygen atoms in total. The summed E-state index contributed by atoms with van der Waals surface area (Å²) in [4.78, 5) is 38.1. The van der Waals surface area contributed by atoms with Gasteiger partial charge in [-0.2, -0.15) is 0 Å². The maximum Gasteiger partial charge on any atom is 0.306 e. The lowest BCUT2D eigenvalue weighted by Crippen LogP contribution is -2.37. The quantitative estimate of drug-likeness (QED) is 0.0195. The Kier molecular flexibility index (Phi) is 67.6. The molecule has 0 spiro atoms. The molecular formula is C82H138NO8P. The Bertz CT molecular complexity index is 2110. The molecule has 524 valence electrons. The fourth-order valence-corrected chi connectivity index (χ4v) is 10.7. The second-order valence-corrected chi connectivity index (χ2v) is 27.0. The number of hydrogen-bond acceptors (Lipinski definition) is 8. The van der Waals surface area contributed by atoms with Crippen LogP contribution in [0.4, 0.5) is 0 Å². The van der Waals surface area contributed by atoms with Crippen molar-refractivity contribution in [3.05, 3.63) is 158 Å². The van der Waals surface area contributed by atoms with Gasteiger partial charge in [0, 0.05) is 12.8 Å². The van der Waals surface area contributed by atoms with E-state index in [1.807, 2.05) is 21.1 Å². The van der Waals surface area contributed by atoms with Gasteiger partial charge < -0.3 is 27.9 Å². The summed E-state index contributed by atoms with van der Waals surface area (Å²) in [5.41, 5.74) is 0. The lowest BCUT2D eigenvalue weighted by Gasteiger charge is -2.28. The summed E-state index contributed by atoms with van der Waals surface area (Å²) in [5.74, 6) is -0.837. The van der Waals surface area contributed by atoms with Crippen LogP contribution in [0.2, 0.25) is 0 Å². The Balaban J connectivity index is 4.03. The molecule has 0 heterocycles. The molecule has 0 aliphatic carbocycles. The van der Waals surface area contributed by atoms with Gasteiger partial charge in [0.05, 0.1) is 27.7 Å². The van der Waals surface area contributed by atoms with Crippen molar-refractivity contribution < 1.29 is 42.1 Å². The zero-order valence-corrected chi connectivity index (χ0v) is 60.6. The molecule has 92 heavy (non-hydrogen) atoms. The summed E-state index contributed by atoms with van der Waals surface area (Å²) in [6.07, 6.45) is 106. The second kappa shape index (κ2) is 70.9. The monoisotopic (exact) mass is 1300 g/mol. The van der Waals surface area contributed by atoms with Crippen LogP contribution in [0.5, 0.6) is 0 Å². The summed E-state index contributed by atoms with van der Waals surface area (Å²) < 4.78 is 34.4. The van der Waals surface area contributed by atoms with Crippen molar-refractivity contribution in [2.75, 3.05) is 47.5 Å². The predicted molar refractivity (Wildman–Crippen MR) is 397 cm³/mol. The van der Waals surface area contributed by atoms with Crippen molar-refractivity contribution in [1.82, 2.24) is 0 Å². The molecule has 10 heteroatoms. The van der Waals surface area contributed by atoms with E-state index in [1.165, 1.54) is 128 Å². The number of ether oxygens (including phenoxy) is 2. The lowest BCUT2D eigenvalue weighted by molar-refractivity contribution is -0.870. The largest absolute Gasteiger partial charge is 0.756 e. The topological polar surface area (TPSA) is 111 Å². The molecule has 0 aromatic heterocycles. The number of phosphoric ester groups is 1. The van der Waals surface area contributed by atoms with Crippen LogP contribution in [0.25, 0.3) is 0 Å². The molecule has 0 rings (SSSR count). The molecule has 0 aliphatic rings. The molecule has 2 atom stereocenters. The van der Waals surface area contributed by atoms with Crippen LogP contribution < -0.4 is 4.89 Å². The maximum absolute atomic E-state index is 12.9. The standard InChI is InChI=1S/C82H138NO8P/c1-6-8-10-12-14-16-18-20-22-24-26-28-30-32-34-35-36-37-38-39-40-41-42-43-44-45-46-47-49-51-53-55-57-59-61-63-65-67-69-71-73-75-82(85)91-80(79-90-92(86,87)89-77-76-83(3,4)5)78-88-81(84)74-72-70-68-66-64-62-60-58-56-54-52-50-48-33-31-29-27-25-23-21-19-17-15-13-11-9-7-2/h8-11,14-17,20-23,26-29,32-34,36-37,39-40,42-43,48,80H,6-7,12-13,18-19,24-25,30-31,35,38,41,44-47,49-79H2,1-5H3/b10-8-,11-9-,16-14-,17-15-,22-20-,23-21-,28-26-,29-27-,34-32-,37-36-,40-39-,43-42-,48-33-. The van der Waals surface area contributed by atoms with Crippen LogP contribution in [0.1, 0.15) is 296 Å². The van der Waals surface area contributed by atoms with E-state index in [0.29, 0.717) is 17.4 Å². The fraction of sp³-hybridized carbons (Fsp3) is 0.659. The molecular weight excluding hydrogens is 1160 g/mol. The van der Waals surface area contributed by atoms with Crippen LogP contribution in [0.3, 0.4) is 0 Å². The number of carbonyl (C=O) groups is 2. The van der Waals surface area contributed by atoms with E-state index in [2.05, 4.69) is 172 Å². The summed E-state index contributed by atoms with van der Waals surface area (Å²) in [5, 5.41) is 0. The third-order valence-electron chi connectivity index (χ3n) is 15.5. The Hall–Kier alpha value is -4.37. The van der Waals surface area contributed by atoms with Crippen LogP contribution in [0.15, 0.2) is 158 Å². The van der Waals surface area contributed by atoms with Crippen LogP contribution >= 0.6 is 7.82 Å². The van der Waals surface area contributed by atoms with E-state index in [-0.39, 0.29) is 32.0 Å². The summed E-state index contributed by atoms with van der Waals surface area (Å²) in [7, 11) is 1.16. The summed E-state index contributed by atoms with van der Waals surface area (Å²) in [6, 6.07) is 0. The number of allylic oxidation sites excluding steroid dienone is 26. The number of carbonyl (C=O) groups excluding carboxylic acids is 2. The number of likely N-dealkylation sites (N-methyl/N-ethyl adjacent to an activating group) is 1. The van der Waals surface area contributed by atoms with Gasteiger partial charge in [0.15, 0.2) is 6.10 Å². The predicted octanol–water partition coefficient (Wildman–Crippen LogP) is 24.1. The van der Waals surface area contributed by atoms with Gasteiger partial charge in [-0.3, -0.25) is 14.2 Å². The molecule has 0 aliphatic heterocycles. The second-order valence-electron chi connectivity index (χ2n) is 25.5. The molecule has 0 aromatic rings. The number of phosphoric acid groups is 1. The Morgan fingerprint density at radius 2 is 0.587 bits per heavy atom. The summed E-state index contributed by atoms with van der Waals surface area (Å²) in [6.45, 7) is 4.02. The molecule has 0 N–H and O–H groups in total. The highest BCUT2D eigenvalue weighted by molar-refractivity contribution is 7.45. The molecule has 2 unspecified atom stereocenters. The average Bonchev–Trinajstić information content (AvgIpc) is 2.23. The SMILES string of the molecule is CC/C=C\C/C=C\C/C=C\C/C=C\C/C=C\C/C=C\C/C=C\C/C=C\CCCCCCCCCCCCCCCCCCC(=O)OC(COC(=O)CCCCCCCCCCCCC/C=C\C/C=C\C/C=C\C/C=C\C/C=C\CC)COP(=O)([O-])OCC[N+](C)(C)C. The minimum absolute atomic E-state index is 0.0369. The van der Waals surface area contributed by atoms with Crippen LogP contribution in [-0.4, -0.2) is 70.0 Å². The van der Waals surface area contributed by atoms with E-state index >= 15 is 0 Å². The number of hydrogen-bond donors (Lipinski definition) is 0. The van der Waals surface area contributed by atoms with Gasteiger partial charge >= 0.3 is 11.9 Å². The van der Waals surface area contributed by atoms with Gasteiger partial charge in [-0.1, -0.05) is 320 Å². The first-order chi connectivity index (χ1) is 45.0. The molecule has 0 radical (unpaired) electrons.